The maximum atomic E-state index is 5.83. The standard InChI is InChI=1S/C14H18N2O3S/c1-9-16-7-11(20-9)8-19-14-12(17-2)4-10(6-15)5-13(14)18-3/h4-5,7H,6,8,15H2,1-3H3. The van der Waals surface area contributed by atoms with Crippen molar-refractivity contribution in [3.05, 3.63) is 33.8 Å². The van der Waals surface area contributed by atoms with E-state index in [1.165, 1.54) is 0 Å². The number of aromatic nitrogens is 1. The van der Waals surface area contributed by atoms with Gasteiger partial charge in [-0.2, -0.15) is 0 Å². The molecule has 2 rings (SSSR count). The van der Waals surface area contributed by atoms with Crippen molar-refractivity contribution in [3.63, 3.8) is 0 Å². The predicted molar refractivity (Wildman–Crippen MR) is 78.6 cm³/mol. The SMILES string of the molecule is COc1cc(CN)cc(OC)c1OCc1cnc(C)s1. The summed E-state index contributed by atoms with van der Waals surface area (Å²) in [5, 5.41) is 1.01. The van der Waals surface area contributed by atoms with Gasteiger partial charge in [-0.15, -0.1) is 11.3 Å². The Kier molecular flexibility index (Phi) is 4.81. The first-order chi connectivity index (χ1) is 9.67. The molecule has 0 aliphatic carbocycles. The second-order valence-electron chi connectivity index (χ2n) is 4.17. The molecule has 6 heteroatoms. The van der Waals surface area contributed by atoms with Crippen molar-refractivity contribution in [1.82, 2.24) is 4.98 Å². The zero-order valence-electron chi connectivity index (χ0n) is 11.8. The lowest BCUT2D eigenvalue weighted by atomic mass is 10.2. The Labute approximate surface area is 122 Å². The lowest BCUT2D eigenvalue weighted by molar-refractivity contribution is 0.268. The summed E-state index contributed by atoms with van der Waals surface area (Å²) in [6, 6.07) is 3.71. The molecular formula is C14H18N2O3S. The number of ether oxygens (including phenoxy) is 3. The lowest BCUT2D eigenvalue weighted by Gasteiger charge is -2.15. The summed E-state index contributed by atoms with van der Waals surface area (Å²) in [5.41, 5.74) is 6.59. The maximum Gasteiger partial charge on any atom is 0.203 e. The Morgan fingerprint density at radius 2 is 1.85 bits per heavy atom. The van der Waals surface area contributed by atoms with Gasteiger partial charge in [0.25, 0.3) is 0 Å². The average Bonchev–Trinajstić information content (AvgIpc) is 2.89. The molecule has 0 saturated carbocycles. The van der Waals surface area contributed by atoms with Gasteiger partial charge < -0.3 is 19.9 Å². The van der Waals surface area contributed by atoms with E-state index < -0.39 is 0 Å². The molecule has 1 aromatic heterocycles. The molecule has 0 spiro atoms. The first-order valence-corrected chi connectivity index (χ1v) is 6.98. The highest BCUT2D eigenvalue weighted by atomic mass is 32.1. The van der Waals surface area contributed by atoms with Crippen molar-refractivity contribution in [2.75, 3.05) is 14.2 Å². The van der Waals surface area contributed by atoms with Crippen LogP contribution in [0.5, 0.6) is 17.2 Å². The third kappa shape index (κ3) is 3.20. The van der Waals surface area contributed by atoms with Gasteiger partial charge in [-0.3, -0.25) is 0 Å². The van der Waals surface area contributed by atoms with Crippen LogP contribution in [0.1, 0.15) is 15.4 Å². The fourth-order valence-electron chi connectivity index (χ4n) is 1.81. The number of thiazole rings is 1. The largest absolute Gasteiger partial charge is 0.493 e. The van der Waals surface area contributed by atoms with Crippen molar-refractivity contribution in [1.29, 1.82) is 0 Å². The molecule has 0 unspecified atom stereocenters. The van der Waals surface area contributed by atoms with E-state index in [1.54, 1.807) is 25.6 Å². The second-order valence-corrected chi connectivity index (χ2v) is 5.49. The fraction of sp³-hybridized carbons (Fsp3) is 0.357. The summed E-state index contributed by atoms with van der Waals surface area (Å²) in [4.78, 5) is 5.25. The molecule has 1 aromatic carbocycles. The van der Waals surface area contributed by atoms with E-state index in [1.807, 2.05) is 25.3 Å². The van der Waals surface area contributed by atoms with E-state index in [4.69, 9.17) is 19.9 Å². The summed E-state index contributed by atoms with van der Waals surface area (Å²) in [5.74, 6) is 1.82. The van der Waals surface area contributed by atoms with Crippen LogP contribution in [0.4, 0.5) is 0 Å². The highest BCUT2D eigenvalue weighted by Gasteiger charge is 2.14. The molecule has 108 valence electrons. The van der Waals surface area contributed by atoms with E-state index in [-0.39, 0.29) is 0 Å². The number of hydrogen-bond donors (Lipinski definition) is 1. The minimum absolute atomic E-state index is 0.418. The van der Waals surface area contributed by atoms with Crippen LogP contribution >= 0.6 is 11.3 Å². The minimum Gasteiger partial charge on any atom is -0.493 e. The second kappa shape index (κ2) is 6.58. The molecule has 2 aromatic rings. The molecule has 0 aliphatic rings. The monoisotopic (exact) mass is 294 g/mol. The summed E-state index contributed by atoms with van der Waals surface area (Å²) in [6.45, 7) is 2.81. The number of aryl methyl sites for hydroxylation is 1. The summed E-state index contributed by atoms with van der Waals surface area (Å²) in [6.07, 6.45) is 1.81. The number of hydrogen-bond acceptors (Lipinski definition) is 6. The van der Waals surface area contributed by atoms with Gasteiger partial charge in [-0.25, -0.2) is 4.98 Å². The van der Waals surface area contributed by atoms with Gasteiger partial charge in [0.1, 0.15) is 6.61 Å². The molecule has 0 amide bonds. The third-order valence-corrected chi connectivity index (χ3v) is 3.67. The number of methoxy groups -OCH3 is 2. The summed E-state index contributed by atoms with van der Waals surface area (Å²) in [7, 11) is 3.19. The zero-order chi connectivity index (χ0) is 14.5. The highest BCUT2D eigenvalue weighted by Crippen LogP contribution is 2.39. The van der Waals surface area contributed by atoms with Crippen molar-refractivity contribution in [2.45, 2.75) is 20.1 Å². The Balaban J connectivity index is 2.24. The van der Waals surface area contributed by atoms with Crippen molar-refractivity contribution >= 4 is 11.3 Å². The molecule has 0 fully saturated rings. The average molecular weight is 294 g/mol. The maximum absolute atomic E-state index is 5.83. The van der Waals surface area contributed by atoms with Crippen LogP contribution in [0.15, 0.2) is 18.3 Å². The molecule has 5 nitrogen and oxygen atoms in total. The molecule has 0 aliphatic heterocycles. The van der Waals surface area contributed by atoms with Crippen LogP contribution in [0.25, 0.3) is 0 Å². The van der Waals surface area contributed by atoms with E-state index >= 15 is 0 Å². The minimum atomic E-state index is 0.418. The first-order valence-electron chi connectivity index (χ1n) is 6.17. The Bertz CT molecular complexity index is 559. The van der Waals surface area contributed by atoms with E-state index in [2.05, 4.69) is 4.98 Å². The zero-order valence-corrected chi connectivity index (χ0v) is 12.6. The molecule has 2 N–H and O–H groups in total. The van der Waals surface area contributed by atoms with E-state index in [9.17, 15) is 0 Å². The van der Waals surface area contributed by atoms with Gasteiger partial charge in [-0.05, 0) is 24.6 Å². The highest BCUT2D eigenvalue weighted by molar-refractivity contribution is 7.11. The van der Waals surface area contributed by atoms with Crippen molar-refractivity contribution < 1.29 is 14.2 Å². The molecule has 0 saturated heterocycles. The lowest BCUT2D eigenvalue weighted by Crippen LogP contribution is -2.02. The molecule has 20 heavy (non-hydrogen) atoms. The Morgan fingerprint density at radius 3 is 2.30 bits per heavy atom. The summed E-state index contributed by atoms with van der Waals surface area (Å²) < 4.78 is 16.5. The van der Waals surface area contributed by atoms with Crippen LogP contribution in [0, 0.1) is 6.92 Å². The van der Waals surface area contributed by atoms with Crippen LogP contribution < -0.4 is 19.9 Å². The molecule has 0 radical (unpaired) electrons. The topological polar surface area (TPSA) is 66.6 Å². The third-order valence-electron chi connectivity index (χ3n) is 2.78. The van der Waals surface area contributed by atoms with Gasteiger partial charge in [0, 0.05) is 12.7 Å². The van der Waals surface area contributed by atoms with E-state index in [0.29, 0.717) is 30.4 Å². The van der Waals surface area contributed by atoms with Crippen molar-refractivity contribution in [2.24, 2.45) is 5.73 Å². The molecule has 0 atom stereocenters. The van der Waals surface area contributed by atoms with E-state index in [0.717, 1.165) is 15.4 Å². The molecule has 1 heterocycles. The fourth-order valence-corrected chi connectivity index (χ4v) is 2.52. The molecular weight excluding hydrogens is 276 g/mol. The van der Waals surface area contributed by atoms with Crippen molar-refractivity contribution in [3.8, 4) is 17.2 Å². The van der Waals surface area contributed by atoms with Gasteiger partial charge in [0.05, 0.1) is 24.1 Å². The number of benzene rings is 1. The number of nitrogens with two attached hydrogens (primary N) is 1. The molecule has 0 bridgehead atoms. The Morgan fingerprint density at radius 1 is 1.20 bits per heavy atom. The number of rotatable bonds is 6. The summed E-state index contributed by atoms with van der Waals surface area (Å²) >= 11 is 1.60. The van der Waals surface area contributed by atoms with Gasteiger partial charge in [0.2, 0.25) is 5.75 Å². The quantitative estimate of drug-likeness (QED) is 0.886. The van der Waals surface area contributed by atoms with Gasteiger partial charge in [0.15, 0.2) is 11.5 Å². The predicted octanol–water partition coefficient (Wildman–Crippen LogP) is 2.51. The van der Waals surface area contributed by atoms with Crippen LogP contribution in [0.2, 0.25) is 0 Å². The first kappa shape index (κ1) is 14.6. The smallest absolute Gasteiger partial charge is 0.203 e. The number of nitrogens with zero attached hydrogens (tertiary/aromatic N) is 1. The Hall–Kier alpha value is -1.79. The van der Waals surface area contributed by atoms with Crippen LogP contribution in [-0.2, 0) is 13.2 Å². The van der Waals surface area contributed by atoms with Gasteiger partial charge >= 0.3 is 0 Å². The van der Waals surface area contributed by atoms with Crippen LogP contribution in [-0.4, -0.2) is 19.2 Å². The van der Waals surface area contributed by atoms with Crippen LogP contribution in [0.3, 0.4) is 0 Å². The van der Waals surface area contributed by atoms with Gasteiger partial charge in [-0.1, -0.05) is 0 Å². The normalized spacial score (nSPS) is 10.4.